The van der Waals surface area contributed by atoms with E-state index in [4.69, 9.17) is 9.47 Å². The largest absolute Gasteiger partial charge is 0.493 e. The molecule has 2 aromatic carbocycles. The van der Waals surface area contributed by atoms with Gasteiger partial charge in [0.05, 0.1) is 19.1 Å². The maximum atomic E-state index is 13.0. The lowest BCUT2D eigenvalue weighted by molar-refractivity contribution is 0.0856. The average molecular weight is 428 g/mol. The third-order valence-corrected chi connectivity index (χ3v) is 6.16. The minimum Gasteiger partial charge on any atom is -0.493 e. The van der Waals surface area contributed by atoms with Crippen molar-refractivity contribution in [3.63, 3.8) is 0 Å². The molecule has 3 atom stereocenters. The van der Waals surface area contributed by atoms with E-state index in [9.17, 15) is 8.78 Å². The normalized spacial score (nSPS) is 22.8. The molecule has 2 aliphatic rings. The van der Waals surface area contributed by atoms with E-state index in [1.165, 1.54) is 11.1 Å². The van der Waals surface area contributed by atoms with E-state index in [0.29, 0.717) is 11.7 Å². The zero-order valence-electron chi connectivity index (χ0n) is 18.3. The van der Waals surface area contributed by atoms with Crippen LogP contribution in [0.15, 0.2) is 60.7 Å². The van der Waals surface area contributed by atoms with Gasteiger partial charge in [-0.15, -0.1) is 6.58 Å². The summed E-state index contributed by atoms with van der Waals surface area (Å²) in [6.45, 7) is 10.1. The van der Waals surface area contributed by atoms with Crippen molar-refractivity contribution in [3.05, 3.63) is 66.2 Å². The number of alkyl halides is 2. The minimum absolute atomic E-state index is 0.0590. The first kappa shape index (κ1) is 21.7. The Bertz CT molecular complexity index is 895. The van der Waals surface area contributed by atoms with Crippen molar-refractivity contribution in [1.29, 1.82) is 0 Å². The summed E-state index contributed by atoms with van der Waals surface area (Å²) in [5, 5.41) is 0. The number of hydrogen-bond acceptors (Lipinski definition) is 3. The van der Waals surface area contributed by atoms with Crippen molar-refractivity contribution >= 4 is 5.69 Å². The van der Waals surface area contributed by atoms with Crippen molar-refractivity contribution in [2.45, 2.75) is 51.1 Å². The first-order valence-corrected chi connectivity index (χ1v) is 11.1. The Balaban J connectivity index is 1.26. The maximum Gasteiger partial charge on any atom is 0.255 e. The number of allylic oxidation sites excluding steroid dienone is 1. The van der Waals surface area contributed by atoms with Crippen molar-refractivity contribution in [2.24, 2.45) is 5.92 Å². The number of benzene rings is 2. The van der Waals surface area contributed by atoms with E-state index in [1.54, 1.807) is 0 Å². The first-order valence-electron chi connectivity index (χ1n) is 11.1. The van der Waals surface area contributed by atoms with Gasteiger partial charge in [0.2, 0.25) is 0 Å². The summed E-state index contributed by atoms with van der Waals surface area (Å²) in [4.78, 5) is 2.28. The van der Waals surface area contributed by atoms with Crippen LogP contribution in [0.3, 0.4) is 0 Å². The highest BCUT2D eigenvalue weighted by molar-refractivity contribution is 5.50. The molecule has 0 aromatic heterocycles. The van der Waals surface area contributed by atoms with Crippen molar-refractivity contribution in [1.82, 2.24) is 0 Å². The smallest absolute Gasteiger partial charge is 0.255 e. The Labute approximate surface area is 183 Å². The Morgan fingerprint density at radius 3 is 2.39 bits per heavy atom. The van der Waals surface area contributed by atoms with Crippen molar-refractivity contribution < 1.29 is 18.3 Å². The molecule has 0 amide bonds. The molecule has 0 bridgehead atoms. The van der Waals surface area contributed by atoms with E-state index in [2.05, 4.69) is 49.6 Å². The molecule has 1 aliphatic heterocycles. The van der Waals surface area contributed by atoms with Crippen LogP contribution < -0.4 is 14.4 Å². The van der Waals surface area contributed by atoms with E-state index in [0.717, 1.165) is 37.4 Å². The van der Waals surface area contributed by atoms with Crippen molar-refractivity contribution in [3.8, 4) is 11.5 Å². The number of anilines is 1. The fourth-order valence-electron chi connectivity index (χ4n) is 4.17. The highest BCUT2D eigenvalue weighted by atomic mass is 19.3. The topological polar surface area (TPSA) is 21.7 Å². The second-order valence-electron chi connectivity index (χ2n) is 9.07. The lowest BCUT2D eigenvalue weighted by Crippen LogP contribution is -2.24. The number of ether oxygens (including phenoxy) is 2. The van der Waals surface area contributed by atoms with Crippen LogP contribution >= 0.6 is 0 Å². The molecule has 31 heavy (non-hydrogen) atoms. The minimum atomic E-state index is -2.53. The van der Waals surface area contributed by atoms with Gasteiger partial charge in [0, 0.05) is 25.1 Å². The third-order valence-electron chi connectivity index (χ3n) is 6.16. The number of halogens is 2. The molecule has 1 heterocycles. The van der Waals surface area contributed by atoms with Gasteiger partial charge in [0.15, 0.2) is 0 Å². The Hall–Kier alpha value is -2.56. The lowest BCUT2D eigenvalue weighted by Gasteiger charge is -2.20. The van der Waals surface area contributed by atoms with Crippen molar-refractivity contribution in [2.75, 3.05) is 24.6 Å². The van der Waals surface area contributed by atoms with E-state index in [1.807, 2.05) is 24.3 Å². The molecule has 5 heteroatoms. The van der Waals surface area contributed by atoms with Crippen LogP contribution in [-0.4, -0.2) is 31.7 Å². The summed E-state index contributed by atoms with van der Waals surface area (Å²) in [7, 11) is 0. The Morgan fingerprint density at radius 1 is 1.13 bits per heavy atom. The van der Waals surface area contributed by atoms with Gasteiger partial charge in [-0.1, -0.05) is 24.6 Å². The lowest BCUT2D eigenvalue weighted by atomic mass is 9.95. The Kier molecular flexibility index (Phi) is 6.22. The summed E-state index contributed by atoms with van der Waals surface area (Å²) in [5.41, 5.74) is 3.60. The highest BCUT2D eigenvalue weighted by Crippen LogP contribution is 2.48. The number of rotatable bonds is 9. The summed E-state index contributed by atoms with van der Waals surface area (Å²) in [6.07, 6.45) is 2.04. The molecule has 0 N–H and O–H groups in total. The van der Waals surface area contributed by atoms with Gasteiger partial charge >= 0.3 is 0 Å². The van der Waals surface area contributed by atoms with Gasteiger partial charge in [0.25, 0.3) is 5.92 Å². The van der Waals surface area contributed by atoms with Crippen LogP contribution in [0.4, 0.5) is 14.5 Å². The maximum absolute atomic E-state index is 13.0. The molecule has 2 unspecified atom stereocenters. The fraction of sp³-hybridized carbons (Fsp3) is 0.462. The molecule has 2 fully saturated rings. The molecule has 0 spiro atoms. The van der Waals surface area contributed by atoms with Crippen LogP contribution in [0, 0.1) is 5.92 Å². The predicted octanol–water partition coefficient (Wildman–Crippen LogP) is 6.45. The van der Waals surface area contributed by atoms with Gasteiger partial charge in [0.1, 0.15) is 17.6 Å². The summed E-state index contributed by atoms with van der Waals surface area (Å²) < 4.78 is 37.6. The van der Waals surface area contributed by atoms with Crippen LogP contribution in [0.25, 0.3) is 0 Å². The molecule has 1 saturated carbocycles. The molecule has 2 aromatic rings. The first-order chi connectivity index (χ1) is 14.8. The van der Waals surface area contributed by atoms with Crippen LogP contribution in [0.2, 0.25) is 0 Å². The van der Waals surface area contributed by atoms with Gasteiger partial charge in [-0.3, -0.25) is 0 Å². The zero-order valence-corrected chi connectivity index (χ0v) is 18.3. The number of nitrogens with zero attached hydrogens (tertiary/aromatic N) is 1. The molecule has 1 saturated heterocycles. The summed E-state index contributed by atoms with van der Waals surface area (Å²) in [5.74, 6) is -1.17. The SMILES string of the molecule is C=C(C)C[C@@H](C)c1ccc(OC2CCN(c3ccc(OCC4CC4(F)F)cc3)C2)cc1. The molecule has 4 rings (SSSR count). The zero-order chi connectivity index (χ0) is 22.0. The Morgan fingerprint density at radius 2 is 1.77 bits per heavy atom. The van der Waals surface area contributed by atoms with Gasteiger partial charge in [-0.2, -0.15) is 0 Å². The number of hydrogen-bond donors (Lipinski definition) is 0. The van der Waals surface area contributed by atoms with Crippen LogP contribution in [0.5, 0.6) is 11.5 Å². The quantitative estimate of drug-likeness (QED) is 0.429. The molecular weight excluding hydrogens is 396 g/mol. The van der Waals surface area contributed by atoms with Gasteiger partial charge in [-0.05, 0) is 61.2 Å². The second kappa shape index (κ2) is 8.89. The summed E-state index contributed by atoms with van der Waals surface area (Å²) >= 11 is 0. The second-order valence-corrected chi connectivity index (χ2v) is 9.07. The molecule has 166 valence electrons. The molecule has 0 radical (unpaired) electrons. The van der Waals surface area contributed by atoms with E-state index in [-0.39, 0.29) is 19.1 Å². The van der Waals surface area contributed by atoms with Gasteiger partial charge < -0.3 is 14.4 Å². The average Bonchev–Trinajstić information content (AvgIpc) is 3.11. The highest BCUT2D eigenvalue weighted by Gasteiger charge is 2.57. The van der Waals surface area contributed by atoms with E-state index >= 15 is 0 Å². The fourth-order valence-corrected chi connectivity index (χ4v) is 4.17. The predicted molar refractivity (Wildman–Crippen MR) is 121 cm³/mol. The van der Waals surface area contributed by atoms with Gasteiger partial charge in [-0.25, -0.2) is 8.78 Å². The van der Waals surface area contributed by atoms with Crippen LogP contribution in [-0.2, 0) is 0 Å². The molecule has 1 aliphatic carbocycles. The monoisotopic (exact) mass is 427 g/mol. The molecular formula is C26H31F2NO2. The summed E-state index contributed by atoms with van der Waals surface area (Å²) in [6, 6.07) is 16.1. The third kappa shape index (κ3) is 5.57. The van der Waals surface area contributed by atoms with Crippen LogP contribution in [0.1, 0.15) is 44.6 Å². The standard InChI is InChI=1S/C26H31F2NO2/c1-18(2)14-19(3)20-4-8-24(9-5-20)31-25-12-13-29(16-25)22-6-10-23(11-7-22)30-17-21-15-26(21,27)28/h4-11,19,21,25H,1,12-17H2,2-3H3/t19-,21?,25?/m1/s1. The molecule has 3 nitrogen and oxygen atoms in total. The van der Waals surface area contributed by atoms with E-state index < -0.39 is 11.8 Å².